The Labute approximate surface area is 170 Å². The van der Waals surface area contributed by atoms with Crippen molar-refractivity contribution in [1.29, 1.82) is 5.41 Å². The maximum absolute atomic E-state index is 13.5. The van der Waals surface area contributed by atoms with Crippen LogP contribution in [0.1, 0.15) is 50.3 Å². The highest BCUT2D eigenvalue weighted by Gasteiger charge is 2.18. The van der Waals surface area contributed by atoms with Crippen LogP contribution < -0.4 is 5.32 Å². The second-order valence-electron chi connectivity index (χ2n) is 7.85. The number of pyridine rings is 1. The highest BCUT2D eigenvalue weighted by Crippen LogP contribution is 2.37. The number of fused-ring (bicyclic) bond motifs is 1. The van der Waals surface area contributed by atoms with Crippen LogP contribution in [0.4, 0.5) is 10.1 Å². The normalized spacial score (nSPS) is 16.9. The van der Waals surface area contributed by atoms with Crippen LogP contribution in [0.3, 0.4) is 0 Å². The van der Waals surface area contributed by atoms with E-state index in [1.165, 1.54) is 18.3 Å². The number of halogens is 1. The van der Waals surface area contributed by atoms with E-state index >= 15 is 0 Å². The van der Waals surface area contributed by atoms with Crippen molar-refractivity contribution >= 4 is 22.7 Å². The van der Waals surface area contributed by atoms with Crippen molar-refractivity contribution in [3.8, 4) is 11.1 Å². The van der Waals surface area contributed by atoms with Crippen molar-refractivity contribution < 1.29 is 9.13 Å². The molecule has 0 bridgehead atoms. The molecule has 0 spiro atoms. The Kier molecular flexibility index (Phi) is 5.58. The van der Waals surface area contributed by atoms with Crippen molar-refractivity contribution in [2.24, 2.45) is 0 Å². The molecule has 1 unspecified atom stereocenters. The minimum absolute atomic E-state index is 0.0284. The molecular weight excluding hydrogens is 365 g/mol. The highest BCUT2D eigenvalue weighted by molar-refractivity contribution is 6.03. The third kappa shape index (κ3) is 4.01. The third-order valence-corrected chi connectivity index (χ3v) is 5.42. The lowest BCUT2D eigenvalue weighted by Gasteiger charge is -2.25. The molecule has 150 valence electrons. The summed E-state index contributed by atoms with van der Waals surface area (Å²) in [7, 11) is 0. The summed E-state index contributed by atoms with van der Waals surface area (Å²) in [6.45, 7) is 4.98. The predicted octanol–water partition coefficient (Wildman–Crippen LogP) is 6.10. The van der Waals surface area contributed by atoms with Crippen molar-refractivity contribution in [2.45, 2.75) is 45.3 Å². The van der Waals surface area contributed by atoms with E-state index < -0.39 is 0 Å². The Morgan fingerprint density at radius 1 is 1.21 bits per heavy atom. The number of nitrogens with one attached hydrogen (secondary N) is 2. The molecule has 5 heteroatoms. The predicted molar refractivity (Wildman–Crippen MR) is 116 cm³/mol. The van der Waals surface area contributed by atoms with Gasteiger partial charge in [-0.15, -0.1) is 0 Å². The summed E-state index contributed by atoms with van der Waals surface area (Å²) in [5, 5.41) is 13.4. The van der Waals surface area contributed by atoms with Gasteiger partial charge < -0.3 is 15.5 Å². The summed E-state index contributed by atoms with van der Waals surface area (Å²) < 4.78 is 19.3. The molecule has 0 aliphatic carbocycles. The molecule has 1 aliphatic rings. The summed E-state index contributed by atoms with van der Waals surface area (Å²) >= 11 is 0. The molecule has 2 N–H and O–H groups in total. The standard InChI is InChI=1S/C24H26FN3O/c1-15(2)24-23(16-6-8-19(25)9-7-16)20-11-17(13-26)21(12-18(20)14-27-24)28-22-5-3-4-10-29-22/h6-9,11-15,22,26,28H,3-5,10H2,1-2H3. The summed E-state index contributed by atoms with van der Waals surface area (Å²) in [4.78, 5) is 4.74. The van der Waals surface area contributed by atoms with Gasteiger partial charge in [0, 0.05) is 41.2 Å². The zero-order valence-corrected chi connectivity index (χ0v) is 16.8. The fraction of sp³-hybridized carbons (Fsp3) is 0.333. The van der Waals surface area contributed by atoms with Crippen LogP contribution in [-0.4, -0.2) is 24.0 Å². The number of rotatable bonds is 5. The Morgan fingerprint density at radius 2 is 2.00 bits per heavy atom. The maximum atomic E-state index is 13.5. The van der Waals surface area contributed by atoms with Gasteiger partial charge in [0.2, 0.25) is 0 Å². The van der Waals surface area contributed by atoms with Gasteiger partial charge in [-0.05, 0) is 60.4 Å². The molecule has 1 fully saturated rings. The minimum atomic E-state index is -0.257. The van der Waals surface area contributed by atoms with Gasteiger partial charge in [0.1, 0.15) is 12.0 Å². The van der Waals surface area contributed by atoms with Crippen molar-refractivity contribution in [1.82, 2.24) is 4.98 Å². The lowest BCUT2D eigenvalue weighted by molar-refractivity contribution is 0.0343. The quantitative estimate of drug-likeness (QED) is 0.517. The second kappa shape index (κ2) is 8.29. The van der Waals surface area contributed by atoms with E-state index in [0.717, 1.165) is 64.7 Å². The van der Waals surface area contributed by atoms with Gasteiger partial charge in [-0.1, -0.05) is 26.0 Å². The highest BCUT2D eigenvalue weighted by atomic mass is 19.1. The van der Waals surface area contributed by atoms with Crippen LogP contribution in [-0.2, 0) is 4.74 Å². The fourth-order valence-electron chi connectivity index (χ4n) is 3.93. The monoisotopic (exact) mass is 391 g/mol. The minimum Gasteiger partial charge on any atom is -0.360 e. The molecule has 29 heavy (non-hydrogen) atoms. The topological polar surface area (TPSA) is 58.0 Å². The average Bonchev–Trinajstić information content (AvgIpc) is 2.73. The van der Waals surface area contributed by atoms with Crippen LogP contribution in [0, 0.1) is 11.2 Å². The lowest BCUT2D eigenvalue weighted by Crippen LogP contribution is -2.27. The molecule has 1 saturated heterocycles. The second-order valence-corrected chi connectivity index (χ2v) is 7.85. The molecule has 4 nitrogen and oxygen atoms in total. The van der Waals surface area contributed by atoms with Gasteiger partial charge in [0.05, 0.1) is 5.69 Å². The van der Waals surface area contributed by atoms with Gasteiger partial charge >= 0.3 is 0 Å². The molecule has 1 aliphatic heterocycles. The van der Waals surface area contributed by atoms with Gasteiger partial charge in [-0.3, -0.25) is 4.98 Å². The number of benzene rings is 2. The van der Waals surface area contributed by atoms with Crippen LogP contribution in [0.2, 0.25) is 0 Å². The first-order valence-electron chi connectivity index (χ1n) is 10.2. The average molecular weight is 391 g/mol. The van der Waals surface area contributed by atoms with Gasteiger partial charge in [-0.2, -0.15) is 0 Å². The zero-order chi connectivity index (χ0) is 20.4. The van der Waals surface area contributed by atoms with E-state index in [4.69, 9.17) is 15.1 Å². The first kappa shape index (κ1) is 19.5. The first-order valence-corrected chi connectivity index (χ1v) is 10.2. The number of anilines is 1. The SMILES string of the molecule is CC(C)c1ncc2cc(NC3CCCCO3)c(C=N)cc2c1-c1ccc(F)cc1. The van der Waals surface area contributed by atoms with E-state index in [-0.39, 0.29) is 18.0 Å². The molecule has 0 saturated carbocycles. The molecule has 3 aromatic rings. The molecular formula is C24H26FN3O. The first-order chi connectivity index (χ1) is 14.1. The Morgan fingerprint density at radius 3 is 2.66 bits per heavy atom. The number of ether oxygens (including phenoxy) is 1. The fourth-order valence-corrected chi connectivity index (χ4v) is 3.93. The molecule has 0 amide bonds. The molecule has 2 aromatic carbocycles. The molecule has 1 aromatic heterocycles. The Balaban J connectivity index is 1.87. The van der Waals surface area contributed by atoms with Crippen molar-refractivity contribution in [3.63, 3.8) is 0 Å². The summed E-state index contributed by atoms with van der Waals surface area (Å²) in [5.41, 5.74) is 4.58. The molecule has 2 heterocycles. The van der Waals surface area contributed by atoms with E-state index in [1.807, 2.05) is 18.3 Å². The van der Waals surface area contributed by atoms with E-state index in [0.29, 0.717) is 0 Å². The smallest absolute Gasteiger partial charge is 0.127 e. The van der Waals surface area contributed by atoms with Gasteiger partial charge in [-0.25, -0.2) is 4.39 Å². The number of aromatic nitrogens is 1. The lowest BCUT2D eigenvalue weighted by atomic mass is 9.91. The third-order valence-electron chi connectivity index (χ3n) is 5.42. The van der Waals surface area contributed by atoms with Crippen LogP contribution in [0.15, 0.2) is 42.6 Å². The Bertz CT molecular complexity index is 1020. The van der Waals surface area contributed by atoms with Crippen molar-refractivity contribution in [2.75, 3.05) is 11.9 Å². The van der Waals surface area contributed by atoms with E-state index in [1.54, 1.807) is 12.1 Å². The van der Waals surface area contributed by atoms with E-state index in [9.17, 15) is 4.39 Å². The largest absolute Gasteiger partial charge is 0.360 e. The van der Waals surface area contributed by atoms with Gasteiger partial charge in [0.15, 0.2) is 0 Å². The summed E-state index contributed by atoms with van der Waals surface area (Å²) in [6.07, 6.45) is 6.42. The van der Waals surface area contributed by atoms with Crippen LogP contribution >= 0.6 is 0 Å². The molecule has 1 atom stereocenters. The van der Waals surface area contributed by atoms with Crippen LogP contribution in [0.5, 0.6) is 0 Å². The number of hydrogen-bond acceptors (Lipinski definition) is 4. The molecule has 0 radical (unpaired) electrons. The number of nitrogens with zero attached hydrogens (tertiary/aromatic N) is 1. The summed E-state index contributed by atoms with van der Waals surface area (Å²) in [5.74, 6) is -0.0384. The zero-order valence-electron chi connectivity index (χ0n) is 16.8. The van der Waals surface area contributed by atoms with Crippen LogP contribution in [0.25, 0.3) is 21.9 Å². The van der Waals surface area contributed by atoms with Crippen molar-refractivity contribution in [3.05, 3.63) is 59.7 Å². The summed E-state index contributed by atoms with van der Waals surface area (Å²) in [6, 6.07) is 10.6. The number of hydrogen-bond donors (Lipinski definition) is 2. The maximum Gasteiger partial charge on any atom is 0.127 e. The molecule has 4 rings (SSSR count). The van der Waals surface area contributed by atoms with E-state index in [2.05, 4.69) is 19.2 Å². The Hall–Kier alpha value is -2.79. The van der Waals surface area contributed by atoms with Gasteiger partial charge in [0.25, 0.3) is 0 Å².